The molecule has 2 aromatic rings. The molecule has 0 fully saturated rings. The van der Waals surface area contributed by atoms with E-state index in [0.29, 0.717) is 0 Å². The van der Waals surface area contributed by atoms with Gasteiger partial charge in [-0.25, -0.2) is 4.52 Å². The van der Waals surface area contributed by atoms with Crippen LogP contribution in [0, 0.1) is 0 Å². The summed E-state index contributed by atoms with van der Waals surface area (Å²) in [7, 11) is 1.95. The highest BCUT2D eigenvalue weighted by atomic mass is 15.2. The summed E-state index contributed by atoms with van der Waals surface area (Å²) in [5, 5.41) is 10.7. The molecule has 0 amide bonds. The van der Waals surface area contributed by atoms with Crippen molar-refractivity contribution >= 4 is 5.52 Å². The van der Waals surface area contributed by atoms with Crippen molar-refractivity contribution in [2.45, 2.75) is 6.54 Å². The second kappa shape index (κ2) is 4.86. The van der Waals surface area contributed by atoms with Crippen LogP contribution in [0.15, 0.2) is 24.8 Å². The van der Waals surface area contributed by atoms with Gasteiger partial charge in [-0.3, -0.25) is 4.98 Å². The number of aromatic nitrogens is 3. The zero-order chi connectivity index (χ0) is 10.5. The van der Waals surface area contributed by atoms with Crippen molar-refractivity contribution in [3.8, 4) is 0 Å². The maximum absolute atomic E-state index is 4.24. The first-order chi connectivity index (χ1) is 7.42. The van der Waals surface area contributed by atoms with Crippen LogP contribution in [0.2, 0.25) is 0 Å². The first-order valence-electron chi connectivity index (χ1n) is 5.03. The fourth-order valence-electron chi connectivity index (χ4n) is 1.46. The van der Waals surface area contributed by atoms with Crippen molar-refractivity contribution in [2.75, 3.05) is 20.1 Å². The predicted octanol–water partition coefficient (Wildman–Crippen LogP) is 0.0383. The summed E-state index contributed by atoms with van der Waals surface area (Å²) in [6.45, 7) is 2.75. The van der Waals surface area contributed by atoms with Crippen LogP contribution >= 0.6 is 0 Å². The van der Waals surface area contributed by atoms with Crippen molar-refractivity contribution in [2.24, 2.45) is 0 Å². The molecule has 2 aromatic heterocycles. The molecule has 2 heterocycles. The van der Waals surface area contributed by atoms with Crippen molar-refractivity contribution in [1.82, 2.24) is 25.2 Å². The van der Waals surface area contributed by atoms with E-state index >= 15 is 0 Å². The van der Waals surface area contributed by atoms with Gasteiger partial charge in [0.1, 0.15) is 0 Å². The second-order valence-electron chi connectivity index (χ2n) is 3.36. The lowest BCUT2D eigenvalue weighted by Crippen LogP contribution is -2.24. The molecule has 80 valence electrons. The lowest BCUT2D eigenvalue weighted by Gasteiger charge is -2.02. The van der Waals surface area contributed by atoms with Gasteiger partial charge in [0.15, 0.2) is 0 Å². The lowest BCUT2D eigenvalue weighted by molar-refractivity contribution is 0.652. The predicted molar refractivity (Wildman–Crippen MR) is 58.6 cm³/mol. The molecule has 0 saturated carbocycles. The number of nitrogens with one attached hydrogen (secondary N) is 2. The normalized spacial score (nSPS) is 11.0. The first-order valence-corrected chi connectivity index (χ1v) is 5.03. The minimum atomic E-state index is 0.830. The second-order valence-corrected chi connectivity index (χ2v) is 3.36. The average Bonchev–Trinajstić information content (AvgIpc) is 2.68. The van der Waals surface area contributed by atoms with E-state index in [4.69, 9.17) is 0 Å². The van der Waals surface area contributed by atoms with E-state index in [9.17, 15) is 0 Å². The van der Waals surface area contributed by atoms with Crippen LogP contribution in [0.25, 0.3) is 5.52 Å². The number of likely N-dealkylation sites (N-methyl/N-ethyl adjacent to an activating group) is 1. The topological polar surface area (TPSA) is 54.2 Å². The molecule has 5 heteroatoms. The Bertz CT molecular complexity index is 422. The van der Waals surface area contributed by atoms with E-state index in [0.717, 1.165) is 25.2 Å². The summed E-state index contributed by atoms with van der Waals surface area (Å²) in [4.78, 5) is 4.09. The van der Waals surface area contributed by atoms with Crippen molar-refractivity contribution < 1.29 is 0 Å². The SMILES string of the molecule is CNCCNCc1cnn2ccncc12. The van der Waals surface area contributed by atoms with Crippen molar-refractivity contribution in [3.05, 3.63) is 30.4 Å². The van der Waals surface area contributed by atoms with Crippen LogP contribution in [0.3, 0.4) is 0 Å². The fourth-order valence-corrected chi connectivity index (χ4v) is 1.46. The largest absolute Gasteiger partial charge is 0.318 e. The summed E-state index contributed by atoms with van der Waals surface area (Å²) in [6.07, 6.45) is 7.30. The third-order valence-electron chi connectivity index (χ3n) is 2.27. The van der Waals surface area contributed by atoms with Gasteiger partial charge in [-0.1, -0.05) is 0 Å². The molecule has 0 saturated heterocycles. The zero-order valence-electron chi connectivity index (χ0n) is 8.77. The highest BCUT2D eigenvalue weighted by Gasteiger charge is 2.01. The highest BCUT2D eigenvalue weighted by molar-refractivity contribution is 5.51. The van der Waals surface area contributed by atoms with Gasteiger partial charge in [0.25, 0.3) is 0 Å². The van der Waals surface area contributed by atoms with Crippen LogP contribution in [-0.2, 0) is 6.54 Å². The molecule has 5 nitrogen and oxygen atoms in total. The smallest absolute Gasteiger partial charge is 0.0889 e. The molecule has 0 aliphatic rings. The highest BCUT2D eigenvalue weighted by Crippen LogP contribution is 2.07. The van der Waals surface area contributed by atoms with E-state index in [2.05, 4.69) is 20.7 Å². The van der Waals surface area contributed by atoms with Gasteiger partial charge in [0, 0.05) is 37.6 Å². The van der Waals surface area contributed by atoms with Gasteiger partial charge >= 0.3 is 0 Å². The number of hydrogen-bond acceptors (Lipinski definition) is 4. The number of fused-ring (bicyclic) bond motifs is 1. The Balaban J connectivity index is 2.02. The summed E-state index contributed by atoms with van der Waals surface area (Å²) >= 11 is 0. The molecule has 0 bridgehead atoms. The molecule has 0 atom stereocenters. The Labute approximate surface area is 88.5 Å². The fraction of sp³-hybridized carbons (Fsp3) is 0.400. The number of nitrogens with zero attached hydrogens (tertiary/aromatic N) is 3. The third kappa shape index (κ3) is 2.31. The minimum Gasteiger partial charge on any atom is -0.318 e. The Morgan fingerprint density at radius 2 is 2.27 bits per heavy atom. The van der Waals surface area contributed by atoms with Crippen LogP contribution in [0.5, 0.6) is 0 Å². The zero-order valence-corrected chi connectivity index (χ0v) is 8.77. The maximum atomic E-state index is 4.24. The molecular formula is C10H15N5. The van der Waals surface area contributed by atoms with Crippen molar-refractivity contribution in [1.29, 1.82) is 0 Å². The van der Waals surface area contributed by atoms with Gasteiger partial charge in [-0.2, -0.15) is 5.10 Å². The van der Waals surface area contributed by atoms with Crippen molar-refractivity contribution in [3.63, 3.8) is 0 Å². The standard InChI is InChI=1S/C10H15N5/c1-11-2-3-12-6-9-7-14-15-5-4-13-8-10(9)15/h4-5,7-8,11-12H,2-3,6H2,1H3. The summed E-state index contributed by atoms with van der Waals surface area (Å²) in [5.41, 5.74) is 2.24. The third-order valence-corrected chi connectivity index (χ3v) is 2.27. The van der Waals surface area contributed by atoms with Gasteiger partial charge in [-0.05, 0) is 7.05 Å². The van der Waals surface area contributed by atoms with E-state index in [1.807, 2.05) is 30.2 Å². The van der Waals surface area contributed by atoms with E-state index in [1.54, 1.807) is 6.20 Å². The van der Waals surface area contributed by atoms with Gasteiger partial charge < -0.3 is 10.6 Å². The lowest BCUT2D eigenvalue weighted by atomic mass is 10.3. The summed E-state index contributed by atoms with van der Waals surface area (Å²) in [5.74, 6) is 0. The van der Waals surface area contributed by atoms with Gasteiger partial charge in [-0.15, -0.1) is 0 Å². The Morgan fingerprint density at radius 3 is 3.13 bits per heavy atom. The monoisotopic (exact) mass is 205 g/mol. The van der Waals surface area contributed by atoms with E-state index < -0.39 is 0 Å². The molecule has 0 unspecified atom stereocenters. The molecule has 0 aliphatic carbocycles. The van der Waals surface area contributed by atoms with E-state index in [1.165, 1.54) is 5.56 Å². The molecule has 0 radical (unpaired) electrons. The van der Waals surface area contributed by atoms with E-state index in [-0.39, 0.29) is 0 Å². The molecule has 2 N–H and O–H groups in total. The molecule has 2 rings (SSSR count). The van der Waals surface area contributed by atoms with Gasteiger partial charge in [0.05, 0.1) is 17.9 Å². The number of hydrogen-bond donors (Lipinski definition) is 2. The van der Waals surface area contributed by atoms with Crippen LogP contribution in [0.1, 0.15) is 5.56 Å². The van der Waals surface area contributed by atoms with Crippen LogP contribution in [0.4, 0.5) is 0 Å². The Kier molecular flexibility index (Phi) is 3.26. The molecule has 0 spiro atoms. The van der Waals surface area contributed by atoms with Crippen LogP contribution < -0.4 is 10.6 Å². The summed E-state index contributed by atoms with van der Waals surface area (Å²) < 4.78 is 1.84. The quantitative estimate of drug-likeness (QED) is 0.677. The van der Waals surface area contributed by atoms with Crippen LogP contribution in [-0.4, -0.2) is 34.7 Å². The Hall–Kier alpha value is -1.46. The van der Waals surface area contributed by atoms with Gasteiger partial charge in [0.2, 0.25) is 0 Å². The minimum absolute atomic E-state index is 0.830. The maximum Gasteiger partial charge on any atom is 0.0889 e. The first kappa shape index (κ1) is 10.1. The summed E-state index contributed by atoms with van der Waals surface area (Å²) in [6, 6.07) is 0. The number of rotatable bonds is 5. The molecular weight excluding hydrogens is 190 g/mol. The average molecular weight is 205 g/mol. The molecule has 0 aromatic carbocycles. The molecule has 15 heavy (non-hydrogen) atoms. The Morgan fingerprint density at radius 1 is 1.33 bits per heavy atom. The molecule has 0 aliphatic heterocycles.